The van der Waals surface area contributed by atoms with Gasteiger partial charge in [-0.25, -0.2) is 4.79 Å². The van der Waals surface area contributed by atoms with Gasteiger partial charge < -0.3 is 14.2 Å². The maximum atomic E-state index is 12.2. The topological polar surface area (TPSA) is 61.8 Å². The van der Waals surface area contributed by atoms with Crippen LogP contribution in [0.25, 0.3) is 6.08 Å². The first-order valence-corrected chi connectivity index (χ1v) is 7.05. The SMILES string of the molecule is COC(=O)C1=CC(=O)C(OC)(OC/C=C/c2ccccc2)C=C1. The van der Waals surface area contributed by atoms with Crippen molar-refractivity contribution in [2.75, 3.05) is 20.8 Å². The van der Waals surface area contributed by atoms with Crippen molar-refractivity contribution in [3.8, 4) is 0 Å². The number of hydrogen-bond donors (Lipinski definition) is 0. The van der Waals surface area contributed by atoms with E-state index in [1.54, 1.807) is 6.08 Å². The summed E-state index contributed by atoms with van der Waals surface area (Å²) in [5.74, 6) is -2.56. The first kappa shape index (κ1) is 16.9. The predicted molar refractivity (Wildman–Crippen MR) is 85.4 cm³/mol. The molecule has 1 aliphatic carbocycles. The van der Waals surface area contributed by atoms with Crippen molar-refractivity contribution < 1.29 is 23.8 Å². The maximum Gasteiger partial charge on any atom is 0.337 e. The van der Waals surface area contributed by atoms with Crippen LogP contribution >= 0.6 is 0 Å². The summed E-state index contributed by atoms with van der Waals surface area (Å²) in [6.45, 7) is 0.181. The smallest absolute Gasteiger partial charge is 0.337 e. The lowest BCUT2D eigenvalue weighted by molar-refractivity contribution is -0.187. The standard InChI is InChI=1S/C18H18O5/c1-21-17(20)15-10-11-18(22-2,16(19)13-15)23-12-6-9-14-7-4-3-5-8-14/h3-11,13H,12H2,1-2H3/b9-6+. The van der Waals surface area contributed by atoms with Crippen LogP contribution in [0.4, 0.5) is 0 Å². The van der Waals surface area contributed by atoms with Crippen LogP contribution < -0.4 is 0 Å². The summed E-state index contributed by atoms with van der Waals surface area (Å²) in [6, 6.07) is 9.72. The van der Waals surface area contributed by atoms with E-state index in [0.717, 1.165) is 11.6 Å². The number of methoxy groups -OCH3 is 2. The van der Waals surface area contributed by atoms with Gasteiger partial charge in [-0.05, 0) is 17.7 Å². The molecule has 0 fully saturated rings. The van der Waals surface area contributed by atoms with Gasteiger partial charge in [-0.2, -0.15) is 0 Å². The van der Waals surface area contributed by atoms with Crippen LogP contribution in [-0.2, 0) is 23.8 Å². The van der Waals surface area contributed by atoms with Gasteiger partial charge in [0.25, 0.3) is 5.79 Å². The molecule has 0 saturated carbocycles. The number of benzene rings is 1. The fraction of sp³-hybridized carbons (Fsp3) is 0.222. The Morgan fingerprint density at radius 3 is 2.57 bits per heavy atom. The lowest BCUT2D eigenvalue weighted by Crippen LogP contribution is -2.42. The van der Waals surface area contributed by atoms with E-state index in [-0.39, 0.29) is 12.2 Å². The lowest BCUT2D eigenvalue weighted by atomic mass is 10.0. The van der Waals surface area contributed by atoms with Gasteiger partial charge in [0.2, 0.25) is 5.78 Å². The van der Waals surface area contributed by atoms with Crippen molar-refractivity contribution in [3.05, 3.63) is 65.8 Å². The summed E-state index contributed by atoms with van der Waals surface area (Å²) in [6.07, 6.45) is 7.71. The van der Waals surface area contributed by atoms with Gasteiger partial charge in [0.15, 0.2) is 0 Å². The number of rotatable bonds is 6. The number of esters is 1. The summed E-state index contributed by atoms with van der Waals surface area (Å²) in [4.78, 5) is 23.7. The number of ether oxygens (including phenoxy) is 3. The zero-order chi connectivity index (χ0) is 16.7. The molecule has 1 atom stereocenters. The third-order valence-electron chi connectivity index (χ3n) is 3.34. The number of hydrogen-bond acceptors (Lipinski definition) is 5. The Bertz CT molecular complexity index is 657. The number of ketones is 1. The summed E-state index contributed by atoms with van der Waals surface area (Å²) in [7, 11) is 2.63. The third kappa shape index (κ3) is 4.03. The van der Waals surface area contributed by atoms with Gasteiger partial charge >= 0.3 is 5.97 Å². The van der Waals surface area contributed by atoms with Crippen molar-refractivity contribution in [2.24, 2.45) is 0 Å². The highest BCUT2D eigenvalue weighted by molar-refractivity contribution is 6.07. The van der Waals surface area contributed by atoms with Gasteiger partial charge in [-0.1, -0.05) is 42.5 Å². The Balaban J connectivity index is 2.01. The van der Waals surface area contributed by atoms with Crippen molar-refractivity contribution in [1.29, 1.82) is 0 Å². The van der Waals surface area contributed by atoms with E-state index in [4.69, 9.17) is 9.47 Å². The minimum absolute atomic E-state index is 0.161. The minimum atomic E-state index is -1.52. The quantitative estimate of drug-likeness (QED) is 0.595. The second-order valence-electron chi connectivity index (χ2n) is 4.78. The van der Waals surface area contributed by atoms with Crippen LogP contribution in [0, 0.1) is 0 Å². The summed E-state index contributed by atoms with van der Waals surface area (Å²) >= 11 is 0. The zero-order valence-electron chi connectivity index (χ0n) is 13.0. The minimum Gasteiger partial charge on any atom is -0.465 e. The second-order valence-corrected chi connectivity index (χ2v) is 4.78. The molecule has 0 saturated heterocycles. The van der Waals surface area contributed by atoms with Gasteiger partial charge in [0.1, 0.15) is 0 Å². The van der Waals surface area contributed by atoms with E-state index in [2.05, 4.69) is 4.74 Å². The van der Waals surface area contributed by atoms with Crippen molar-refractivity contribution in [1.82, 2.24) is 0 Å². The van der Waals surface area contributed by atoms with Crippen LogP contribution in [0.1, 0.15) is 5.56 Å². The predicted octanol–water partition coefficient (Wildman–Crippen LogP) is 2.30. The average Bonchev–Trinajstić information content (AvgIpc) is 2.60. The Morgan fingerprint density at radius 2 is 1.96 bits per heavy atom. The number of carbonyl (C=O) groups excluding carboxylic acids is 2. The van der Waals surface area contributed by atoms with Crippen molar-refractivity contribution in [2.45, 2.75) is 5.79 Å². The van der Waals surface area contributed by atoms with Gasteiger partial charge in [0, 0.05) is 13.2 Å². The fourth-order valence-electron chi connectivity index (χ4n) is 2.08. The van der Waals surface area contributed by atoms with E-state index in [0.29, 0.717) is 0 Å². The van der Waals surface area contributed by atoms with Gasteiger partial charge in [0.05, 0.1) is 19.3 Å². The van der Waals surface area contributed by atoms with Crippen molar-refractivity contribution >= 4 is 17.8 Å². The summed E-state index contributed by atoms with van der Waals surface area (Å²) in [5.41, 5.74) is 1.19. The van der Waals surface area contributed by atoms with Crippen LogP contribution in [0.3, 0.4) is 0 Å². The van der Waals surface area contributed by atoms with Crippen molar-refractivity contribution in [3.63, 3.8) is 0 Å². The highest BCUT2D eigenvalue weighted by Crippen LogP contribution is 2.23. The molecule has 1 aromatic rings. The molecular formula is C18H18O5. The molecular weight excluding hydrogens is 296 g/mol. The Labute approximate surface area is 134 Å². The average molecular weight is 314 g/mol. The lowest BCUT2D eigenvalue weighted by Gasteiger charge is -2.28. The Hall–Kier alpha value is -2.50. The maximum absolute atomic E-state index is 12.2. The van der Waals surface area contributed by atoms with Crippen LogP contribution in [0.2, 0.25) is 0 Å². The van der Waals surface area contributed by atoms with E-state index in [9.17, 15) is 9.59 Å². The molecule has 0 aliphatic heterocycles. The molecule has 0 amide bonds. The molecule has 120 valence electrons. The first-order chi connectivity index (χ1) is 11.1. The van der Waals surface area contributed by atoms with Crippen LogP contribution in [-0.4, -0.2) is 38.4 Å². The van der Waals surface area contributed by atoms with E-state index in [1.165, 1.54) is 26.4 Å². The molecule has 0 aromatic heterocycles. The highest BCUT2D eigenvalue weighted by Gasteiger charge is 2.38. The van der Waals surface area contributed by atoms with Crippen LogP contribution in [0.5, 0.6) is 0 Å². The molecule has 1 aliphatic rings. The molecule has 0 spiro atoms. The molecule has 5 heteroatoms. The van der Waals surface area contributed by atoms with Gasteiger partial charge in [-0.3, -0.25) is 4.79 Å². The molecule has 5 nitrogen and oxygen atoms in total. The van der Waals surface area contributed by atoms with E-state index in [1.807, 2.05) is 36.4 Å². The molecule has 0 N–H and O–H groups in total. The van der Waals surface area contributed by atoms with Gasteiger partial charge in [-0.15, -0.1) is 0 Å². The Kier molecular flexibility index (Phi) is 5.62. The molecule has 0 radical (unpaired) electrons. The summed E-state index contributed by atoms with van der Waals surface area (Å²) in [5, 5.41) is 0. The highest BCUT2D eigenvalue weighted by atomic mass is 16.7. The largest absolute Gasteiger partial charge is 0.465 e. The monoisotopic (exact) mass is 314 g/mol. The summed E-state index contributed by atoms with van der Waals surface area (Å²) < 4.78 is 15.4. The Morgan fingerprint density at radius 1 is 1.22 bits per heavy atom. The van der Waals surface area contributed by atoms with Crippen LogP contribution in [0.15, 0.2) is 60.2 Å². The number of carbonyl (C=O) groups is 2. The molecule has 1 aromatic carbocycles. The van der Waals surface area contributed by atoms with E-state index < -0.39 is 17.5 Å². The molecule has 1 unspecified atom stereocenters. The molecule has 23 heavy (non-hydrogen) atoms. The molecule has 0 heterocycles. The third-order valence-corrected chi connectivity index (χ3v) is 3.34. The second kappa shape index (κ2) is 7.67. The molecule has 0 bridgehead atoms. The normalized spacial score (nSPS) is 20.6. The zero-order valence-corrected chi connectivity index (χ0v) is 13.0. The molecule has 2 rings (SSSR count). The first-order valence-electron chi connectivity index (χ1n) is 7.05. The fourth-order valence-corrected chi connectivity index (χ4v) is 2.08. The van der Waals surface area contributed by atoms with E-state index >= 15 is 0 Å².